The highest BCUT2D eigenvalue weighted by Gasteiger charge is 2.34. The first kappa shape index (κ1) is 13.5. The van der Waals surface area contributed by atoms with Gasteiger partial charge in [-0.05, 0) is 27.8 Å². The van der Waals surface area contributed by atoms with Crippen LogP contribution in [0.15, 0.2) is 10.7 Å². The minimum Gasteiger partial charge on any atom is -0.480 e. The fourth-order valence-corrected chi connectivity index (χ4v) is 2.54. The Morgan fingerprint density at radius 1 is 1.56 bits per heavy atom. The van der Waals surface area contributed by atoms with Crippen molar-refractivity contribution in [3.8, 4) is 5.88 Å². The van der Waals surface area contributed by atoms with Gasteiger partial charge in [-0.1, -0.05) is 13.8 Å². The third-order valence-corrected chi connectivity index (χ3v) is 4.03. The number of nitrogens with two attached hydrogens (primary N) is 1. The lowest BCUT2D eigenvalue weighted by Crippen LogP contribution is -2.52. The summed E-state index contributed by atoms with van der Waals surface area (Å²) in [6.45, 7) is 6.11. The van der Waals surface area contributed by atoms with Gasteiger partial charge in [0.05, 0.1) is 17.8 Å². The Balaban J connectivity index is 2.22. The van der Waals surface area contributed by atoms with E-state index < -0.39 is 0 Å². The fraction of sp³-hybridized carbons (Fsp3) is 0.667. The molecule has 1 atom stereocenters. The van der Waals surface area contributed by atoms with Crippen LogP contribution in [0.3, 0.4) is 0 Å². The van der Waals surface area contributed by atoms with E-state index in [9.17, 15) is 0 Å². The Hall–Kier alpha value is -0.880. The van der Waals surface area contributed by atoms with Gasteiger partial charge >= 0.3 is 0 Å². The summed E-state index contributed by atoms with van der Waals surface area (Å²) in [4.78, 5) is 10.9. The Morgan fingerprint density at radius 3 is 2.89 bits per heavy atom. The zero-order valence-corrected chi connectivity index (χ0v) is 12.6. The SMILES string of the molecule is COc1nc(N2CCC(N)C(C)(C)C2)ncc1Br. The van der Waals surface area contributed by atoms with Crippen molar-refractivity contribution >= 4 is 21.9 Å². The van der Waals surface area contributed by atoms with E-state index in [4.69, 9.17) is 10.5 Å². The first-order valence-electron chi connectivity index (χ1n) is 6.01. The zero-order chi connectivity index (χ0) is 13.3. The van der Waals surface area contributed by atoms with Gasteiger partial charge in [0.1, 0.15) is 0 Å². The lowest BCUT2D eigenvalue weighted by Gasteiger charge is -2.42. The van der Waals surface area contributed by atoms with Crippen molar-refractivity contribution in [2.75, 3.05) is 25.1 Å². The molecule has 1 saturated heterocycles. The van der Waals surface area contributed by atoms with E-state index in [0.29, 0.717) is 11.8 Å². The minimum atomic E-state index is 0.0713. The lowest BCUT2D eigenvalue weighted by atomic mass is 9.80. The van der Waals surface area contributed by atoms with Crippen molar-refractivity contribution in [2.45, 2.75) is 26.3 Å². The Morgan fingerprint density at radius 2 is 2.28 bits per heavy atom. The predicted octanol–water partition coefficient (Wildman–Crippen LogP) is 1.81. The van der Waals surface area contributed by atoms with Gasteiger partial charge in [0, 0.05) is 19.1 Å². The topological polar surface area (TPSA) is 64.3 Å². The molecular weight excluding hydrogens is 296 g/mol. The normalized spacial score (nSPS) is 22.9. The van der Waals surface area contributed by atoms with Gasteiger partial charge in [0.15, 0.2) is 0 Å². The summed E-state index contributed by atoms with van der Waals surface area (Å²) in [5.74, 6) is 1.27. The molecule has 2 rings (SSSR count). The van der Waals surface area contributed by atoms with Gasteiger partial charge in [-0.3, -0.25) is 0 Å². The highest BCUT2D eigenvalue weighted by atomic mass is 79.9. The molecule has 0 aliphatic carbocycles. The summed E-state index contributed by atoms with van der Waals surface area (Å²) in [6, 6.07) is 0.228. The van der Waals surface area contributed by atoms with E-state index in [2.05, 4.69) is 44.6 Å². The highest BCUT2D eigenvalue weighted by molar-refractivity contribution is 9.10. The molecule has 1 aliphatic rings. The van der Waals surface area contributed by atoms with Gasteiger partial charge < -0.3 is 15.4 Å². The number of ether oxygens (including phenoxy) is 1. The van der Waals surface area contributed by atoms with Crippen LogP contribution in [-0.4, -0.2) is 36.2 Å². The zero-order valence-electron chi connectivity index (χ0n) is 11.0. The first-order valence-corrected chi connectivity index (χ1v) is 6.80. The molecule has 0 saturated carbocycles. The van der Waals surface area contributed by atoms with Crippen LogP contribution in [0.25, 0.3) is 0 Å². The van der Waals surface area contributed by atoms with Crippen LogP contribution in [0.2, 0.25) is 0 Å². The second kappa shape index (κ2) is 5.01. The molecule has 2 heterocycles. The van der Waals surface area contributed by atoms with Crippen molar-refractivity contribution < 1.29 is 4.74 Å². The largest absolute Gasteiger partial charge is 0.480 e. The molecule has 0 spiro atoms. The maximum Gasteiger partial charge on any atom is 0.232 e. The molecule has 0 aromatic carbocycles. The van der Waals surface area contributed by atoms with Crippen LogP contribution in [-0.2, 0) is 0 Å². The molecule has 18 heavy (non-hydrogen) atoms. The first-order chi connectivity index (χ1) is 8.44. The van der Waals surface area contributed by atoms with Gasteiger partial charge in [-0.2, -0.15) is 4.98 Å². The predicted molar refractivity (Wildman–Crippen MR) is 74.9 cm³/mol. The van der Waals surface area contributed by atoms with Crippen molar-refractivity contribution in [1.82, 2.24) is 9.97 Å². The summed E-state index contributed by atoms with van der Waals surface area (Å²) < 4.78 is 5.97. The molecule has 5 nitrogen and oxygen atoms in total. The number of piperidine rings is 1. The Labute approximate surface area is 116 Å². The molecule has 1 aliphatic heterocycles. The molecule has 2 N–H and O–H groups in total. The van der Waals surface area contributed by atoms with Gasteiger partial charge in [0.2, 0.25) is 11.8 Å². The van der Waals surface area contributed by atoms with Crippen LogP contribution in [0.4, 0.5) is 5.95 Å². The number of hydrogen-bond acceptors (Lipinski definition) is 5. The molecule has 1 aromatic heterocycles. The smallest absolute Gasteiger partial charge is 0.232 e. The summed E-state index contributed by atoms with van der Waals surface area (Å²) in [7, 11) is 1.60. The highest BCUT2D eigenvalue weighted by Crippen LogP contribution is 2.31. The Bertz CT molecular complexity index is 438. The molecule has 0 radical (unpaired) electrons. The van der Waals surface area contributed by atoms with E-state index in [1.54, 1.807) is 13.3 Å². The number of nitrogens with zero attached hydrogens (tertiary/aromatic N) is 3. The Kier molecular flexibility index (Phi) is 3.77. The van der Waals surface area contributed by atoms with E-state index in [0.717, 1.165) is 24.0 Å². The second-order valence-electron chi connectivity index (χ2n) is 5.33. The number of rotatable bonds is 2. The molecular formula is C12H19BrN4O. The van der Waals surface area contributed by atoms with Crippen LogP contribution in [0.5, 0.6) is 5.88 Å². The van der Waals surface area contributed by atoms with Crippen molar-refractivity contribution in [1.29, 1.82) is 0 Å². The van der Waals surface area contributed by atoms with Crippen LogP contribution < -0.4 is 15.4 Å². The minimum absolute atomic E-state index is 0.0713. The van der Waals surface area contributed by atoms with E-state index >= 15 is 0 Å². The number of methoxy groups -OCH3 is 1. The quantitative estimate of drug-likeness (QED) is 0.902. The number of anilines is 1. The molecule has 100 valence electrons. The number of aromatic nitrogens is 2. The number of halogens is 1. The van der Waals surface area contributed by atoms with Crippen LogP contribution in [0, 0.1) is 5.41 Å². The summed E-state index contributed by atoms with van der Waals surface area (Å²) in [6.07, 6.45) is 2.68. The third kappa shape index (κ3) is 2.59. The maximum atomic E-state index is 6.13. The molecule has 1 fully saturated rings. The second-order valence-corrected chi connectivity index (χ2v) is 6.19. The van der Waals surface area contributed by atoms with E-state index in [1.807, 2.05) is 0 Å². The van der Waals surface area contributed by atoms with Crippen LogP contribution >= 0.6 is 15.9 Å². The van der Waals surface area contributed by atoms with Gasteiger partial charge in [0.25, 0.3) is 0 Å². The van der Waals surface area contributed by atoms with Crippen molar-refractivity contribution in [3.63, 3.8) is 0 Å². The van der Waals surface area contributed by atoms with Crippen LogP contribution in [0.1, 0.15) is 20.3 Å². The van der Waals surface area contributed by atoms with Gasteiger partial charge in [-0.25, -0.2) is 4.98 Å². The molecule has 1 unspecified atom stereocenters. The summed E-state index contributed by atoms with van der Waals surface area (Å²) >= 11 is 3.36. The monoisotopic (exact) mass is 314 g/mol. The van der Waals surface area contributed by atoms with Crippen molar-refractivity contribution in [2.24, 2.45) is 11.1 Å². The average molecular weight is 315 g/mol. The molecule has 0 amide bonds. The maximum absolute atomic E-state index is 6.13. The van der Waals surface area contributed by atoms with Crippen molar-refractivity contribution in [3.05, 3.63) is 10.7 Å². The molecule has 0 bridgehead atoms. The summed E-state index contributed by atoms with van der Waals surface area (Å²) in [5, 5.41) is 0. The van der Waals surface area contributed by atoms with E-state index in [1.165, 1.54) is 0 Å². The fourth-order valence-electron chi connectivity index (χ4n) is 2.18. The lowest BCUT2D eigenvalue weighted by molar-refractivity contribution is 0.243. The third-order valence-electron chi connectivity index (χ3n) is 3.49. The molecule has 1 aromatic rings. The average Bonchev–Trinajstić information content (AvgIpc) is 2.33. The van der Waals surface area contributed by atoms with Gasteiger partial charge in [-0.15, -0.1) is 0 Å². The standard InChI is InChI=1S/C12H19BrN4O/c1-12(2)7-17(5-4-9(12)14)11-15-6-8(13)10(16-11)18-3/h6,9H,4-5,7,14H2,1-3H3. The number of hydrogen-bond donors (Lipinski definition) is 1. The summed E-state index contributed by atoms with van der Waals surface area (Å²) in [5.41, 5.74) is 6.20. The molecule has 6 heteroatoms. The van der Waals surface area contributed by atoms with E-state index in [-0.39, 0.29) is 11.5 Å².